The van der Waals surface area contributed by atoms with Gasteiger partial charge in [0.25, 0.3) is 5.91 Å². The second kappa shape index (κ2) is 5.67. The number of nitrogens with one attached hydrogen (secondary N) is 2. The number of H-pyrrole nitrogens is 1. The van der Waals surface area contributed by atoms with Gasteiger partial charge in [0, 0.05) is 11.6 Å². The number of amides is 1. The molecule has 5 nitrogen and oxygen atoms in total. The van der Waals surface area contributed by atoms with Crippen molar-refractivity contribution in [3.8, 4) is 5.75 Å². The molecule has 0 bridgehead atoms. The van der Waals surface area contributed by atoms with Crippen LogP contribution in [0.4, 0.5) is 5.82 Å². The number of aromatic amines is 1. The minimum absolute atomic E-state index is 0.200. The summed E-state index contributed by atoms with van der Waals surface area (Å²) in [6.07, 6.45) is 3.24. The first kappa shape index (κ1) is 11.9. The number of hydrogen-bond donors (Lipinski definition) is 2. The van der Waals surface area contributed by atoms with Crippen LogP contribution in [0.1, 0.15) is 10.4 Å². The number of aromatic nitrogens is 2. The van der Waals surface area contributed by atoms with E-state index in [2.05, 4.69) is 22.1 Å². The van der Waals surface area contributed by atoms with Crippen molar-refractivity contribution in [2.24, 2.45) is 0 Å². The van der Waals surface area contributed by atoms with Crippen LogP contribution in [0.2, 0.25) is 0 Å². The standard InChI is InChI=1S/C13H13N3O2/c1-2-9-18-11-5-3-10(4-6-11)13(17)15-12-7-8-14-16-12/h2-8H,1,9H2,(H2,14,15,16,17). The Morgan fingerprint density at radius 1 is 1.39 bits per heavy atom. The quantitative estimate of drug-likeness (QED) is 0.791. The molecule has 1 amide bonds. The lowest BCUT2D eigenvalue weighted by molar-refractivity contribution is 0.102. The van der Waals surface area contributed by atoms with Gasteiger partial charge in [0.1, 0.15) is 18.2 Å². The van der Waals surface area contributed by atoms with E-state index in [1.54, 1.807) is 42.6 Å². The number of anilines is 1. The molecule has 0 fully saturated rings. The van der Waals surface area contributed by atoms with E-state index in [1.807, 2.05) is 0 Å². The summed E-state index contributed by atoms with van der Waals surface area (Å²) in [7, 11) is 0. The van der Waals surface area contributed by atoms with E-state index in [1.165, 1.54) is 0 Å². The summed E-state index contributed by atoms with van der Waals surface area (Å²) in [4.78, 5) is 11.8. The Kier molecular flexibility index (Phi) is 3.76. The molecule has 0 aliphatic rings. The average Bonchev–Trinajstić information content (AvgIpc) is 2.89. The zero-order chi connectivity index (χ0) is 12.8. The molecule has 0 radical (unpaired) electrons. The van der Waals surface area contributed by atoms with Gasteiger partial charge in [-0.05, 0) is 24.3 Å². The summed E-state index contributed by atoms with van der Waals surface area (Å²) in [5.74, 6) is 1.06. The van der Waals surface area contributed by atoms with E-state index in [-0.39, 0.29) is 5.91 Å². The first-order valence-electron chi connectivity index (χ1n) is 5.44. The molecular formula is C13H13N3O2. The third kappa shape index (κ3) is 2.98. The van der Waals surface area contributed by atoms with Crippen LogP contribution in [0, 0.1) is 0 Å². The SMILES string of the molecule is C=CCOc1ccc(C(=O)Nc2ccn[nH]2)cc1. The van der Waals surface area contributed by atoms with Crippen LogP contribution in [-0.4, -0.2) is 22.7 Å². The second-order valence-corrected chi connectivity index (χ2v) is 3.55. The van der Waals surface area contributed by atoms with Crippen molar-refractivity contribution in [2.75, 3.05) is 11.9 Å². The first-order valence-corrected chi connectivity index (χ1v) is 5.44. The van der Waals surface area contributed by atoms with Gasteiger partial charge in [-0.2, -0.15) is 5.10 Å². The fourth-order valence-corrected chi connectivity index (χ4v) is 1.38. The predicted octanol–water partition coefficient (Wildman–Crippen LogP) is 2.23. The second-order valence-electron chi connectivity index (χ2n) is 3.55. The van der Waals surface area contributed by atoms with Gasteiger partial charge in [-0.25, -0.2) is 0 Å². The van der Waals surface area contributed by atoms with Crippen molar-refractivity contribution in [1.29, 1.82) is 0 Å². The average molecular weight is 243 g/mol. The Morgan fingerprint density at radius 3 is 2.78 bits per heavy atom. The Labute approximate surface area is 104 Å². The van der Waals surface area contributed by atoms with Crippen molar-refractivity contribution in [3.05, 3.63) is 54.7 Å². The van der Waals surface area contributed by atoms with Gasteiger partial charge in [0.05, 0.1) is 6.20 Å². The van der Waals surface area contributed by atoms with Crippen molar-refractivity contribution in [2.45, 2.75) is 0 Å². The molecule has 1 heterocycles. The van der Waals surface area contributed by atoms with Gasteiger partial charge in [-0.15, -0.1) is 0 Å². The zero-order valence-corrected chi connectivity index (χ0v) is 9.72. The Hall–Kier alpha value is -2.56. The third-order valence-corrected chi connectivity index (χ3v) is 2.23. The van der Waals surface area contributed by atoms with Gasteiger partial charge >= 0.3 is 0 Å². The number of nitrogens with zero attached hydrogens (tertiary/aromatic N) is 1. The molecule has 0 saturated carbocycles. The number of rotatable bonds is 5. The predicted molar refractivity (Wildman–Crippen MR) is 68.7 cm³/mol. The molecule has 0 aliphatic carbocycles. The van der Waals surface area contributed by atoms with E-state index in [4.69, 9.17) is 4.74 Å². The molecule has 2 rings (SSSR count). The highest BCUT2D eigenvalue weighted by Gasteiger charge is 2.06. The topological polar surface area (TPSA) is 67.0 Å². The van der Waals surface area contributed by atoms with Crippen LogP contribution in [-0.2, 0) is 0 Å². The fraction of sp³-hybridized carbons (Fsp3) is 0.0769. The maximum absolute atomic E-state index is 11.8. The number of hydrogen-bond acceptors (Lipinski definition) is 3. The summed E-state index contributed by atoms with van der Waals surface area (Å²) in [5.41, 5.74) is 0.551. The Morgan fingerprint density at radius 2 is 2.17 bits per heavy atom. The highest BCUT2D eigenvalue weighted by molar-refractivity contribution is 6.03. The van der Waals surface area contributed by atoms with Gasteiger partial charge in [0.2, 0.25) is 0 Å². The van der Waals surface area contributed by atoms with E-state index in [9.17, 15) is 4.79 Å². The number of benzene rings is 1. The monoisotopic (exact) mass is 243 g/mol. The Balaban J connectivity index is 2.00. The maximum Gasteiger partial charge on any atom is 0.256 e. The molecule has 92 valence electrons. The van der Waals surface area contributed by atoms with Gasteiger partial charge < -0.3 is 10.1 Å². The number of carbonyl (C=O) groups excluding carboxylic acids is 1. The highest BCUT2D eigenvalue weighted by atomic mass is 16.5. The van der Waals surface area contributed by atoms with Crippen molar-refractivity contribution in [1.82, 2.24) is 10.2 Å². The van der Waals surface area contributed by atoms with Crippen LogP contribution in [0.15, 0.2) is 49.2 Å². The summed E-state index contributed by atoms with van der Waals surface area (Å²) in [6, 6.07) is 8.56. The van der Waals surface area contributed by atoms with Crippen LogP contribution in [0.3, 0.4) is 0 Å². The summed E-state index contributed by atoms with van der Waals surface area (Å²) in [5, 5.41) is 9.09. The summed E-state index contributed by atoms with van der Waals surface area (Å²) < 4.78 is 5.33. The molecule has 5 heteroatoms. The maximum atomic E-state index is 11.8. The van der Waals surface area contributed by atoms with Gasteiger partial charge in [-0.3, -0.25) is 9.89 Å². The summed E-state index contributed by atoms with van der Waals surface area (Å²) in [6.45, 7) is 4.01. The minimum Gasteiger partial charge on any atom is -0.490 e. The lowest BCUT2D eigenvalue weighted by atomic mass is 10.2. The largest absolute Gasteiger partial charge is 0.490 e. The molecule has 0 aliphatic heterocycles. The van der Waals surface area contributed by atoms with Gasteiger partial charge in [-0.1, -0.05) is 12.7 Å². The molecule has 1 aromatic carbocycles. The molecule has 0 unspecified atom stereocenters. The highest BCUT2D eigenvalue weighted by Crippen LogP contribution is 2.13. The van der Waals surface area contributed by atoms with Crippen molar-refractivity contribution < 1.29 is 9.53 Å². The lowest BCUT2D eigenvalue weighted by Crippen LogP contribution is -2.12. The lowest BCUT2D eigenvalue weighted by Gasteiger charge is -2.05. The molecule has 0 saturated heterocycles. The van der Waals surface area contributed by atoms with Gasteiger partial charge in [0.15, 0.2) is 0 Å². The smallest absolute Gasteiger partial charge is 0.256 e. The van der Waals surface area contributed by atoms with Crippen molar-refractivity contribution in [3.63, 3.8) is 0 Å². The number of ether oxygens (including phenoxy) is 1. The molecule has 18 heavy (non-hydrogen) atoms. The van der Waals surface area contributed by atoms with E-state index in [0.29, 0.717) is 23.7 Å². The van der Waals surface area contributed by atoms with E-state index in [0.717, 1.165) is 0 Å². The Bertz CT molecular complexity index is 518. The molecule has 0 atom stereocenters. The van der Waals surface area contributed by atoms with E-state index >= 15 is 0 Å². The molecular weight excluding hydrogens is 230 g/mol. The normalized spacial score (nSPS) is 9.78. The first-order chi connectivity index (χ1) is 8.79. The van der Waals surface area contributed by atoms with Crippen LogP contribution in [0.25, 0.3) is 0 Å². The third-order valence-electron chi connectivity index (χ3n) is 2.23. The van der Waals surface area contributed by atoms with Crippen LogP contribution >= 0.6 is 0 Å². The summed E-state index contributed by atoms with van der Waals surface area (Å²) >= 11 is 0. The fourth-order valence-electron chi connectivity index (χ4n) is 1.38. The zero-order valence-electron chi connectivity index (χ0n) is 9.72. The van der Waals surface area contributed by atoms with Crippen molar-refractivity contribution >= 4 is 11.7 Å². The van der Waals surface area contributed by atoms with Crippen LogP contribution < -0.4 is 10.1 Å². The molecule has 0 spiro atoms. The van der Waals surface area contributed by atoms with E-state index < -0.39 is 0 Å². The minimum atomic E-state index is -0.200. The van der Waals surface area contributed by atoms with Crippen LogP contribution in [0.5, 0.6) is 5.75 Å². The molecule has 1 aromatic heterocycles. The molecule has 2 aromatic rings. The molecule has 2 N–H and O–H groups in total. The number of carbonyl (C=O) groups is 1.